The molecule has 0 aromatic carbocycles. The molecule has 5 heteroatoms. The van der Waals surface area contributed by atoms with Crippen molar-refractivity contribution in [3.63, 3.8) is 0 Å². The predicted octanol–water partition coefficient (Wildman–Crippen LogP) is 3.21. The summed E-state index contributed by atoms with van der Waals surface area (Å²) in [5, 5.41) is 3.12. The third-order valence-corrected chi connectivity index (χ3v) is 3.41. The van der Waals surface area contributed by atoms with Crippen molar-refractivity contribution in [1.82, 2.24) is 15.0 Å². The summed E-state index contributed by atoms with van der Waals surface area (Å²) in [5.41, 5.74) is 2.90. The lowest BCUT2D eigenvalue weighted by Crippen LogP contribution is -2.05. The summed E-state index contributed by atoms with van der Waals surface area (Å²) in [6.45, 7) is 4.10. The molecule has 0 saturated heterocycles. The van der Waals surface area contributed by atoms with Gasteiger partial charge in [0.2, 0.25) is 0 Å². The van der Waals surface area contributed by atoms with Gasteiger partial charge in [0.25, 0.3) is 0 Å². The van der Waals surface area contributed by atoms with Crippen LogP contribution >= 0.6 is 15.9 Å². The van der Waals surface area contributed by atoms with Crippen molar-refractivity contribution in [3.05, 3.63) is 34.1 Å². The van der Waals surface area contributed by atoms with E-state index in [-0.39, 0.29) is 0 Å². The molecule has 0 fully saturated rings. The van der Waals surface area contributed by atoms with E-state index >= 15 is 0 Å². The largest absolute Gasteiger partial charge is 0.373 e. The first-order chi connectivity index (χ1) is 8.67. The van der Waals surface area contributed by atoms with E-state index in [4.69, 9.17) is 0 Å². The minimum absolute atomic E-state index is 0.640. The lowest BCUT2D eigenvalue weighted by Gasteiger charge is -2.11. The van der Waals surface area contributed by atoms with Crippen molar-refractivity contribution in [2.75, 3.05) is 12.4 Å². The zero-order valence-electron chi connectivity index (χ0n) is 10.7. The number of rotatable bonds is 3. The van der Waals surface area contributed by atoms with Crippen LogP contribution in [0.5, 0.6) is 0 Å². The van der Waals surface area contributed by atoms with E-state index in [0.717, 1.165) is 33.7 Å². The molecule has 94 valence electrons. The van der Waals surface area contributed by atoms with E-state index in [1.54, 1.807) is 6.20 Å². The number of aromatic nitrogens is 3. The molecule has 0 spiro atoms. The Labute approximate surface area is 115 Å². The van der Waals surface area contributed by atoms with E-state index in [1.165, 1.54) is 0 Å². The molecule has 0 aliphatic rings. The third kappa shape index (κ3) is 2.36. The molecule has 4 nitrogen and oxygen atoms in total. The Morgan fingerprint density at radius 1 is 1.33 bits per heavy atom. The summed E-state index contributed by atoms with van der Waals surface area (Å²) in [6.07, 6.45) is 2.65. The summed E-state index contributed by atoms with van der Waals surface area (Å²) < 4.78 is 0.899. The Balaban J connectivity index is 2.60. The summed E-state index contributed by atoms with van der Waals surface area (Å²) in [5.74, 6) is 1.51. The van der Waals surface area contributed by atoms with Gasteiger partial charge in [-0.05, 0) is 41.4 Å². The normalized spacial score (nSPS) is 10.4. The lowest BCUT2D eigenvalue weighted by atomic mass is 10.1. The molecule has 1 N–H and O–H groups in total. The highest BCUT2D eigenvalue weighted by Gasteiger charge is 2.13. The van der Waals surface area contributed by atoms with Crippen LogP contribution in [0.3, 0.4) is 0 Å². The Morgan fingerprint density at radius 3 is 2.72 bits per heavy atom. The maximum Gasteiger partial charge on any atom is 0.181 e. The van der Waals surface area contributed by atoms with Gasteiger partial charge in [-0.2, -0.15) is 0 Å². The van der Waals surface area contributed by atoms with Crippen LogP contribution in [0.15, 0.2) is 22.8 Å². The van der Waals surface area contributed by atoms with Crippen LogP contribution in [-0.2, 0) is 6.42 Å². The van der Waals surface area contributed by atoms with Crippen LogP contribution in [0.1, 0.15) is 18.2 Å². The van der Waals surface area contributed by atoms with E-state index < -0.39 is 0 Å². The fraction of sp³-hybridized carbons (Fsp3) is 0.308. The number of nitrogens with one attached hydrogen (secondary N) is 1. The average molecular weight is 307 g/mol. The summed E-state index contributed by atoms with van der Waals surface area (Å²) in [4.78, 5) is 13.4. The monoisotopic (exact) mass is 306 g/mol. The molecule has 0 saturated carbocycles. The van der Waals surface area contributed by atoms with Crippen LogP contribution in [-0.4, -0.2) is 22.0 Å². The van der Waals surface area contributed by atoms with Gasteiger partial charge in [-0.25, -0.2) is 9.97 Å². The molecule has 0 amide bonds. The van der Waals surface area contributed by atoms with Crippen LogP contribution in [0, 0.1) is 6.92 Å². The lowest BCUT2D eigenvalue weighted by molar-refractivity contribution is 0.994. The summed E-state index contributed by atoms with van der Waals surface area (Å²) >= 11 is 3.48. The Bertz CT molecular complexity index is 569. The number of halogens is 1. The van der Waals surface area contributed by atoms with Gasteiger partial charge in [-0.15, -0.1) is 0 Å². The van der Waals surface area contributed by atoms with Crippen molar-refractivity contribution in [2.45, 2.75) is 20.3 Å². The highest BCUT2D eigenvalue weighted by atomic mass is 79.9. The highest BCUT2D eigenvalue weighted by molar-refractivity contribution is 9.10. The first-order valence-electron chi connectivity index (χ1n) is 5.83. The zero-order valence-corrected chi connectivity index (χ0v) is 12.2. The van der Waals surface area contributed by atoms with Crippen molar-refractivity contribution in [3.8, 4) is 11.5 Å². The Kier molecular flexibility index (Phi) is 3.91. The fourth-order valence-corrected chi connectivity index (χ4v) is 2.31. The first-order valence-corrected chi connectivity index (χ1v) is 6.62. The number of nitrogens with zero attached hydrogens (tertiary/aromatic N) is 3. The van der Waals surface area contributed by atoms with Gasteiger partial charge < -0.3 is 5.32 Å². The third-order valence-electron chi connectivity index (χ3n) is 2.77. The van der Waals surface area contributed by atoms with Crippen molar-refractivity contribution in [1.29, 1.82) is 0 Å². The van der Waals surface area contributed by atoms with Gasteiger partial charge in [-0.1, -0.05) is 6.92 Å². The molecule has 0 unspecified atom stereocenters. The fourth-order valence-electron chi connectivity index (χ4n) is 1.88. The number of pyridine rings is 1. The SMILES string of the molecule is CCc1c(C)nc(-c2ncccc2Br)nc1NC. The quantitative estimate of drug-likeness (QED) is 0.946. The molecular formula is C13H15BrN4. The average Bonchev–Trinajstić information content (AvgIpc) is 2.38. The van der Waals surface area contributed by atoms with Crippen molar-refractivity contribution < 1.29 is 0 Å². The van der Waals surface area contributed by atoms with Gasteiger partial charge in [0.05, 0.1) is 0 Å². The molecule has 0 aliphatic carbocycles. The predicted molar refractivity (Wildman–Crippen MR) is 76.6 cm³/mol. The summed E-state index contributed by atoms with van der Waals surface area (Å²) in [6, 6.07) is 3.81. The van der Waals surface area contributed by atoms with Crippen LogP contribution < -0.4 is 5.32 Å². The van der Waals surface area contributed by atoms with Gasteiger partial charge in [0, 0.05) is 29.0 Å². The molecule has 0 radical (unpaired) electrons. The highest BCUT2D eigenvalue weighted by Crippen LogP contribution is 2.26. The standard InChI is InChI=1S/C13H15BrN4/c1-4-9-8(2)17-13(18-12(9)15-3)11-10(14)6-5-7-16-11/h5-7H,4H2,1-3H3,(H,15,17,18). The molecule has 2 aromatic rings. The van der Waals surface area contributed by atoms with Gasteiger partial charge in [-0.3, -0.25) is 4.98 Å². The second kappa shape index (κ2) is 5.44. The molecule has 2 aromatic heterocycles. The number of hydrogen-bond donors (Lipinski definition) is 1. The first kappa shape index (κ1) is 13.0. The molecule has 2 heterocycles. The molecule has 2 rings (SSSR count). The molecule has 0 bridgehead atoms. The minimum Gasteiger partial charge on any atom is -0.373 e. The van der Waals surface area contributed by atoms with E-state index in [9.17, 15) is 0 Å². The van der Waals surface area contributed by atoms with Gasteiger partial charge in [0.15, 0.2) is 5.82 Å². The van der Waals surface area contributed by atoms with Crippen molar-refractivity contribution >= 4 is 21.7 Å². The van der Waals surface area contributed by atoms with Crippen LogP contribution in [0.25, 0.3) is 11.5 Å². The van der Waals surface area contributed by atoms with E-state index in [1.807, 2.05) is 26.1 Å². The Hall–Kier alpha value is -1.49. The molecule has 0 atom stereocenters. The molecule has 18 heavy (non-hydrogen) atoms. The van der Waals surface area contributed by atoms with Crippen LogP contribution in [0.4, 0.5) is 5.82 Å². The smallest absolute Gasteiger partial charge is 0.181 e. The topological polar surface area (TPSA) is 50.7 Å². The number of hydrogen-bond acceptors (Lipinski definition) is 4. The molecule has 0 aliphatic heterocycles. The van der Waals surface area contributed by atoms with E-state index in [2.05, 4.69) is 43.1 Å². The maximum absolute atomic E-state index is 4.54. The van der Waals surface area contributed by atoms with E-state index in [0.29, 0.717) is 5.82 Å². The maximum atomic E-state index is 4.54. The van der Waals surface area contributed by atoms with Gasteiger partial charge in [0.1, 0.15) is 11.5 Å². The minimum atomic E-state index is 0.640. The zero-order chi connectivity index (χ0) is 13.1. The second-order valence-electron chi connectivity index (χ2n) is 3.90. The van der Waals surface area contributed by atoms with Crippen molar-refractivity contribution in [2.24, 2.45) is 0 Å². The van der Waals surface area contributed by atoms with Crippen LogP contribution in [0.2, 0.25) is 0 Å². The second-order valence-corrected chi connectivity index (χ2v) is 4.75. The Morgan fingerprint density at radius 2 is 2.11 bits per heavy atom. The molecular weight excluding hydrogens is 292 g/mol. The summed E-state index contributed by atoms with van der Waals surface area (Å²) in [7, 11) is 1.87. The van der Waals surface area contributed by atoms with Gasteiger partial charge >= 0.3 is 0 Å². The number of aryl methyl sites for hydroxylation is 1. The number of anilines is 1.